The van der Waals surface area contributed by atoms with E-state index < -0.39 is 27.9 Å². The van der Waals surface area contributed by atoms with Crippen LogP contribution in [0.2, 0.25) is 0 Å². The zero-order chi connectivity index (χ0) is 17.5. The molecule has 0 fully saturated rings. The molecular formula is C13H8BrF3N6O. The van der Waals surface area contributed by atoms with E-state index in [0.717, 1.165) is 0 Å². The lowest BCUT2D eigenvalue weighted by Crippen LogP contribution is -2.32. The quantitative estimate of drug-likeness (QED) is 0.711. The van der Waals surface area contributed by atoms with E-state index in [1.165, 1.54) is 12.4 Å². The summed E-state index contributed by atoms with van der Waals surface area (Å²) in [6, 6.07) is 0.649. The van der Waals surface area contributed by atoms with Gasteiger partial charge in [0.05, 0.1) is 23.5 Å². The Kier molecular flexibility index (Phi) is 3.95. The van der Waals surface area contributed by atoms with Crippen LogP contribution < -0.4 is 11.1 Å². The topological polar surface area (TPSA) is 106 Å². The van der Waals surface area contributed by atoms with Crippen molar-refractivity contribution >= 4 is 33.4 Å². The molecule has 0 atom stereocenters. The van der Waals surface area contributed by atoms with Gasteiger partial charge in [0, 0.05) is 12.4 Å². The third kappa shape index (κ3) is 2.94. The van der Waals surface area contributed by atoms with Crippen LogP contribution in [0, 0.1) is 0 Å². The van der Waals surface area contributed by atoms with Gasteiger partial charge in [0.1, 0.15) is 10.3 Å². The SMILES string of the molecule is Nc1cc(C(F)(F)F)c(Br)nc1C(=O)NC1=NCc2nccnc21. The number of carbonyl (C=O) groups is 1. The molecule has 1 amide bonds. The van der Waals surface area contributed by atoms with Crippen LogP contribution in [-0.2, 0) is 12.7 Å². The van der Waals surface area contributed by atoms with Crippen LogP contribution >= 0.6 is 15.9 Å². The van der Waals surface area contributed by atoms with Crippen LogP contribution in [0.3, 0.4) is 0 Å². The van der Waals surface area contributed by atoms with Crippen molar-refractivity contribution in [3.05, 3.63) is 45.7 Å². The number of rotatable bonds is 1. The molecule has 3 heterocycles. The predicted octanol–water partition coefficient (Wildman–Crippen LogP) is 1.93. The monoisotopic (exact) mass is 400 g/mol. The van der Waals surface area contributed by atoms with E-state index in [0.29, 0.717) is 17.5 Å². The molecule has 0 saturated heterocycles. The van der Waals surface area contributed by atoms with Crippen molar-refractivity contribution in [1.82, 2.24) is 20.3 Å². The van der Waals surface area contributed by atoms with Gasteiger partial charge in [0.25, 0.3) is 5.91 Å². The molecule has 0 radical (unpaired) electrons. The lowest BCUT2D eigenvalue weighted by Gasteiger charge is -2.12. The zero-order valence-corrected chi connectivity index (χ0v) is 13.3. The summed E-state index contributed by atoms with van der Waals surface area (Å²) in [5, 5.41) is 2.44. The van der Waals surface area contributed by atoms with Crippen LogP contribution in [-0.4, -0.2) is 26.7 Å². The number of amides is 1. The van der Waals surface area contributed by atoms with Crippen molar-refractivity contribution in [2.45, 2.75) is 12.7 Å². The van der Waals surface area contributed by atoms with Gasteiger partial charge in [-0.3, -0.25) is 14.8 Å². The van der Waals surface area contributed by atoms with Gasteiger partial charge in [-0.2, -0.15) is 13.2 Å². The van der Waals surface area contributed by atoms with Gasteiger partial charge in [-0.05, 0) is 22.0 Å². The number of nitrogens with zero attached hydrogens (tertiary/aromatic N) is 4. The lowest BCUT2D eigenvalue weighted by molar-refractivity contribution is -0.138. The first kappa shape index (κ1) is 16.3. The summed E-state index contributed by atoms with van der Waals surface area (Å²) in [6.45, 7) is 0.248. The molecule has 1 aliphatic heterocycles. The van der Waals surface area contributed by atoms with Crippen LogP contribution in [0.1, 0.15) is 27.4 Å². The molecule has 124 valence electrons. The Labute approximate surface area is 141 Å². The second kappa shape index (κ2) is 5.82. The Hall–Kier alpha value is -2.56. The van der Waals surface area contributed by atoms with Crippen LogP contribution in [0.15, 0.2) is 28.1 Å². The minimum Gasteiger partial charge on any atom is -0.397 e. The number of alkyl halides is 3. The van der Waals surface area contributed by atoms with Crippen LogP contribution in [0.25, 0.3) is 0 Å². The summed E-state index contributed by atoms with van der Waals surface area (Å²) < 4.78 is 37.9. The molecule has 3 N–H and O–H groups in total. The third-order valence-electron chi connectivity index (χ3n) is 3.14. The number of amidine groups is 1. The highest BCUT2D eigenvalue weighted by Gasteiger charge is 2.35. The van der Waals surface area contributed by atoms with E-state index >= 15 is 0 Å². The van der Waals surface area contributed by atoms with E-state index in [-0.39, 0.29) is 18.1 Å². The molecule has 0 bridgehead atoms. The average Bonchev–Trinajstić information content (AvgIpc) is 2.91. The average molecular weight is 401 g/mol. The number of fused-ring (bicyclic) bond motifs is 1. The number of hydrogen-bond donors (Lipinski definition) is 2. The minimum atomic E-state index is -4.64. The van der Waals surface area contributed by atoms with E-state index in [9.17, 15) is 18.0 Å². The number of aliphatic imine (C=N–C) groups is 1. The van der Waals surface area contributed by atoms with Crippen molar-refractivity contribution in [3.63, 3.8) is 0 Å². The van der Waals surface area contributed by atoms with Crippen molar-refractivity contribution < 1.29 is 18.0 Å². The number of carbonyl (C=O) groups excluding carboxylic acids is 1. The van der Waals surface area contributed by atoms with E-state index in [1.807, 2.05) is 0 Å². The van der Waals surface area contributed by atoms with Gasteiger partial charge >= 0.3 is 6.18 Å². The molecule has 24 heavy (non-hydrogen) atoms. The predicted molar refractivity (Wildman–Crippen MR) is 81.1 cm³/mol. The van der Waals surface area contributed by atoms with E-state index in [1.54, 1.807) is 0 Å². The number of anilines is 1. The molecule has 0 aliphatic carbocycles. The normalized spacial score (nSPS) is 13.4. The molecule has 0 spiro atoms. The van der Waals surface area contributed by atoms with E-state index in [2.05, 4.69) is 41.2 Å². The van der Waals surface area contributed by atoms with Gasteiger partial charge < -0.3 is 11.1 Å². The molecule has 0 aromatic carbocycles. The number of nitrogens with two attached hydrogens (primary N) is 1. The van der Waals surface area contributed by atoms with Gasteiger partial charge in [-0.25, -0.2) is 9.97 Å². The van der Waals surface area contributed by atoms with Crippen molar-refractivity contribution in [1.29, 1.82) is 0 Å². The molecule has 0 saturated carbocycles. The maximum absolute atomic E-state index is 12.8. The number of aromatic nitrogens is 3. The standard InChI is InChI=1S/C13H8BrF3N6O/c14-10-5(13(15,16)17)3-6(18)8(22-10)12(24)23-11-9-7(4-21-11)19-1-2-20-9/h1-3H,4,18H2,(H,21,23,24). The molecule has 1 aliphatic rings. The maximum Gasteiger partial charge on any atom is 0.419 e. The summed E-state index contributed by atoms with van der Waals surface area (Å²) in [6.07, 6.45) is -1.71. The maximum atomic E-state index is 12.8. The zero-order valence-electron chi connectivity index (χ0n) is 11.7. The molecule has 7 nitrogen and oxygen atoms in total. The Bertz CT molecular complexity index is 867. The molecule has 2 aromatic heterocycles. The Morgan fingerprint density at radius 3 is 2.71 bits per heavy atom. The van der Waals surface area contributed by atoms with Crippen molar-refractivity contribution in [3.8, 4) is 0 Å². The van der Waals surface area contributed by atoms with Crippen molar-refractivity contribution in [2.24, 2.45) is 4.99 Å². The smallest absolute Gasteiger partial charge is 0.397 e. The first-order chi connectivity index (χ1) is 11.3. The molecular weight excluding hydrogens is 393 g/mol. The fourth-order valence-corrected chi connectivity index (χ4v) is 2.58. The Morgan fingerprint density at radius 2 is 2.00 bits per heavy atom. The molecule has 0 unspecified atom stereocenters. The summed E-state index contributed by atoms with van der Waals surface area (Å²) in [4.78, 5) is 28.1. The highest BCUT2D eigenvalue weighted by molar-refractivity contribution is 9.10. The fraction of sp³-hybridized carbons (Fsp3) is 0.154. The highest BCUT2D eigenvalue weighted by atomic mass is 79.9. The summed E-state index contributed by atoms with van der Waals surface area (Å²) in [5.41, 5.74) is 4.71. The first-order valence-electron chi connectivity index (χ1n) is 6.46. The fourth-order valence-electron chi connectivity index (χ4n) is 2.06. The Morgan fingerprint density at radius 1 is 1.29 bits per heavy atom. The minimum absolute atomic E-state index is 0.167. The van der Waals surface area contributed by atoms with Crippen molar-refractivity contribution in [2.75, 3.05) is 5.73 Å². The lowest BCUT2D eigenvalue weighted by atomic mass is 10.2. The summed E-state index contributed by atoms with van der Waals surface area (Å²) in [7, 11) is 0. The molecule has 2 aromatic rings. The van der Waals surface area contributed by atoms with E-state index in [4.69, 9.17) is 5.73 Å². The molecule has 11 heteroatoms. The number of nitrogen functional groups attached to an aromatic ring is 1. The van der Waals surface area contributed by atoms with Crippen LogP contribution in [0.4, 0.5) is 18.9 Å². The number of pyridine rings is 1. The Balaban J connectivity index is 1.88. The second-order valence-corrected chi connectivity index (χ2v) is 5.48. The van der Waals surface area contributed by atoms with Gasteiger partial charge in [-0.1, -0.05) is 0 Å². The number of nitrogens with one attached hydrogen (secondary N) is 1. The number of hydrogen-bond acceptors (Lipinski definition) is 6. The van der Waals surface area contributed by atoms with Gasteiger partial charge in [0.2, 0.25) is 0 Å². The summed E-state index contributed by atoms with van der Waals surface area (Å²) in [5.74, 6) is -0.625. The largest absolute Gasteiger partial charge is 0.419 e. The highest BCUT2D eigenvalue weighted by Crippen LogP contribution is 2.35. The van der Waals surface area contributed by atoms with Gasteiger partial charge in [0.15, 0.2) is 11.5 Å². The third-order valence-corrected chi connectivity index (χ3v) is 3.75. The number of halogens is 4. The second-order valence-electron chi connectivity index (χ2n) is 4.73. The van der Waals surface area contributed by atoms with Gasteiger partial charge in [-0.15, -0.1) is 0 Å². The van der Waals surface area contributed by atoms with Crippen LogP contribution in [0.5, 0.6) is 0 Å². The summed E-state index contributed by atoms with van der Waals surface area (Å²) >= 11 is 2.70. The first-order valence-corrected chi connectivity index (χ1v) is 7.26. The molecule has 3 rings (SSSR count).